The van der Waals surface area contributed by atoms with Crippen molar-refractivity contribution in [1.29, 1.82) is 0 Å². The zero-order valence-corrected chi connectivity index (χ0v) is 10.2. The van der Waals surface area contributed by atoms with Gasteiger partial charge in [0.25, 0.3) is 0 Å². The number of tetrazole rings is 1. The van der Waals surface area contributed by atoms with Crippen molar-refractivity contribution in [2.24, 2.45) is 0 Å². The van der Waals surface area contributed by atoms with Crippen LogP contribution in [0.4, 0.5) is 4.39 Å². The van der Waals surface area contributed by atoms with Gasteiger partial charge >= 0.3 is 0 Å². The van der Waals surface area contributed by atoms with Gasteiger partial charge in [0.05, 0.1) is 11.4 Å². The number of aryl methyl sites for hydroxylation is 1. The molecule has 0 aliphatic rings. The first kappa shape index (κ1) is 12.6. The first-order valence-electron chi connectivity index (χ1n) is 4.97. The van der Waals surface area contributed by atoms with Crippen molar-refractivity contribution in [3.05, 3.63) is 35.4 Å². The molecule has 0 aliphatic heterocycles. The number of hydrogen-bond donors (Lipinski definition) is 2. The lowest BCUT2D eigenvalue weighted by molar-refractivity contribution is 0.574. The molecule has 1 heterocycles. The molecule has 0 saturated heterocycles. The number of hydrogen-bond acceptors (Lipinski definition) is 5. The summed E-state index contributed by atoms with van der Waals surface area (Å²) in [6, 6.07) is 3.57. The number of nitrogens with one attached hydrogen (secondary N) is 2. The predicted octanol–water partition coefficient (Wildman–Crippen LogP) is 0.126. The lowest BCUT2D eigenvalue weighted by Gasteiger charge is -2.07. The highest BCUT2D eigenvalue weighted by atomic mass is 32.2. The molecule has 0 atom stereocenters. The van der Waals surface area contributed by atoms with Gasteiger partial charge in [-0.3, -0.25) is 0 Å². The Hall–Kier alpha value is -1.87. The number of sulfonamides is 1. The zero-order chi connectivity index (χ0) is 13.2. The Balaban J connectivity index is 2.22. The van der Waals surface area contributed by atoms with Crippen LogP contribution in [0, 0.1) is 12.7 Å². The van der Waals surface area contributed by atoms with Gasteiger partial charge in [-0.05, 0) is 24.6 Å². The van der Waals surface area contributed by atoms with Crippen LogP contribution in [0.15, 0.2) is 23.1 Å². The van der Waals surface area contributed by atoms with Crippen LogP contribution in [-0.2, 0) is 16.6 Å². The Morgan fingerprint density at radius 1 is 1.44 bits per heavy atom. The van der Waals surface area contributed by atoms with Crippen LogP contribution in [-0.4, -0.2) is 29.0 Å². The average Bonchev–Trinajstić information content (AvgIpc) is 2.83. The molecule has 0 unspecified atom stereocenters. The van der Waals surface area contributed by atoms with Crippen molar-refractivity contribution in [1.82, 2.24) is 25.3 Å². The molecule has 0 aliphatic carbocycles. The molecule has 0 radical (unpaired) electrons. The van der Waals surface area contributed by atoms with Gasteiger partial charge in [0.1, 0.15) is 5.82 Å². The Labute approximate surface area is 102 Å². The van der Waals surface area contributed by atoms with E-state index in [9.17, 15) is 12.8 Å². The molecule has 0 fully saturated rings. The normalized spacial score (nSPS) is 11.7. The zero-order valence-electron chi connectivity index (χ0n) is 9.38. The summed E-state index contributed by atoms with van der Waals surface area (Å²) in [5.41, 5.74) is 0.456. The lowest BCUT2D eigenvalue weighted by atomic mass is 10.2. The highest BCUT2D eigenvalue weighted by Gasteiger charge is 2.18. The van der Waals surface area contributed by atoms with Crippen molar-refractivity contribution in [3.8, 4) is 0 Å². The van der Waals surface area contributed by atoms with Gasteiger partial charge in [-0.1, -0.05) is 11.3 Å². The number of benzene rings is 1. The average molecular weight is 271 g/mol. The minimum Gasteiger partial charge on any atom is -0.207 e. The van der Waals surface area contributed by atoms with Crippen molar-refractivity contribution >= 4 is 10.0 Å². The summed E-state index contributed by atoms with van der Waals surface area (Å²) >= 11 is 0. The maximum atomic E-state index is 13.1. The monoisotopic (exact) mass is 271 g/mol. The number of H-pyrrole nitrogens is 1. The van der Waals surface area contributed by atoms with Gasteiger partial charge in [-0.2, -0.15) is 5.21 Å². The largest absolute Gasteiger partial charge is 0.241 e. The van der Waals surface area contributed by atoms with Gasteiger partial charge < -0.3 is 0 Å². The van der Waals surface area contributed by atoms with E-state index in [0.29, 0.717) is 5.56 Å². The summed E-state index contributed by atoms with van der Waals surface area (Å²) in [4.78, 5) is -0.106. The predicted molar refractivity (Wildman–Crippen MR) is 59.3 cm³/mol. The first-order chi connectivity index (χ1) is 8.49. The van der Waals surface area contributed by atoms with Crippen molar-refractivity contribution in [3.63, 3.8) is 0 Å². The third-order valence-corrected chi connectivity index (χ3v) is 3.79. The van der Waals surface area contributed by atoms with Crippen molar-refractivity contribution < 1.29 is 12.8 Å². The molecular formula is C9H10FN5O2S. The van der Waals surface area contributed by atoms with E-state index in [1.54, 1.807) is 6.92 Å². The summed E-state index contributed by atoms with van der Waals surface area (Å²) in [5, 5.41) is 12.7. The molecule has 1 aromatic heterocycles. The Morgan fingerprint density at radius 2 is 2.22 bits per heavy atom. The van der Waals surface area contributed by atoms with Gasteiger partial charge in [-0.25, -0.2) is 17.5 Å². The molecule has 2 rings (SSSR count). The van der Waals surface area contributed by atoms with Crippen LogP contribution >= 0.6 is 0 Å². The summed E-state index contributed by atoms with van der Waals surface area (Å²) < 4.78 is 39.2. The number of nitrogens with zero attached hydrogens (tertiary/aromatic N) is 3. The molecule has 9 heteroatoms. The fourth-order valence-corrected chi connectivity index (χ4v) is 2.59. The molecule has 96 valence electrons. The number of aromatic nitrogens is 4. The van der Waals surface area contributed by atoms with E-state index in [4.69, 9.17) is 0 Å². The number of halogens is 1. The molecule has 0 bridgehead atoms. The quantitative estimate of drug-likeness (QED) is 0.823. The van der Waals surface area contributed by atoms with Crippen LogP contribution in [0.3, 0.4) is 0 Å². The Morgan fingerprint density at radius 3 is 2.89 bits per heavy atom. The molecule has 7 nitrogen and oxygen atoms in total. The minimum atomic E-state index is -3.80. The second-order valence-electron chi connectivity index (χ2n) is 3.56. The number of aromatic amines is 1. The van der Waals surface area contributed by atoms with Gasteiger partial charge in [0.15, 0.2) is 5.82 Å². The summed E-state index contributed by atoms with van der Waals surface area (Å²) in [6.07, 6.45) is 0. The van der Waals surface area contributed by atoms with E-state index in [-0.39, 0.29) is 17.3 Å². The van der Waals surface area contributed by atoms with E-state index < -0.39 is 15.8 Å². The van der Waals surface area contributed by atoms with E-state index in [1.165, 1.54) is 12.1 Å². The molecule has 2 N–H and O–H groups in total. The third kappa shape index (κ3) is 2.68. The molecule has 0 spiro atoms. The van der Waals surface area contributed by atoms with Crippen LogP contribution < -0.4 is 4.72 Å². The number of rotatable bonds is 4. The highest BCUT2D eigenvalue weighted by molar-refractivity contribution is 7.89. The van der Waals surface area contributed by atoms with Crippen LogP contribution in [0.2, 0.25) is 0 Å². The molecule has 2 aromatic rings. The van der Waals surface area contributed by atoms with E-state index in [1.807, 2.05) is 0 Å². The summed E-state index contributed by atoms with van der Waals surface area (Å²) in [5.74, 6) is -0.409. The van der Waals surface area contributed by atoms with Crippen LogP contribution in [0.1, 0.15) is 11.4 Å². The maximum absolute atomic E-state index is 13.1. The fourth-order valence-electron chi connectivity index (χ4n) is 1.36. The highest BCUT2D eigenvalue weighted by Crippen LogP contribution is 2.16. The molecular weight excluding hydrogens is 261 g/mol. The standard InChI is InChI=1S/C9H10FN5O2S/c1-6-2-3-7(10)4-8(6)18(16,17)11-5-9-12-14-15-13-9/h2-4,11H,5H2,1H3,(H,12,13,14,15). The summed E-state index contributed by atoms with van der Waals surface area (Å²) in [6.45, 7) is 1.47. The lowest BCUT2D eigenvalue weighted by Crippen LogP contribution is -2.24. The van der Waals surface area contributed by atoms with Gasteiger partial charge in [0.2, 0.25) is 10.0 Å². The van der Waals surface area contributed by atoms with Crippen molar-refractivity contribution in [2.45, 2.75) is 18.4 Å². The van der Waals surface area contributed by atoms with Crippen LogP contribution in [0.25, 0.3) is 0 Å². The van der Waals surface area contributed by atoms with Crippen molar-refractivity contribution in [2.75, 3.05) is 0 Å². The van der Waals surface area contributed by atoms with E-state index >= 15 is 0 Å². The second-order valence-corrected chi connectivity index (χ2v) is 5.30. The third-order valence-electron chi connectivity index (χ3n) is 2.25. The molecule has 18 heavy (non-hydrogen) atoms. The maximum Gasteiger partial charge on any atom is 0.241 e. The Bertz CT molecular complexity index is 641. The second kappa shape index (κ2) is 4.78. The first-order valence-corrected chi connectivity index (χ1v) is 6.45. The van der Waals surface area contributed by atoms with Gasteiger partial charge in [0, 0.05) is 0 Å². The SMILES string of the molecule is Cc1ccc(F)cc1S(=O)(=O)NCc1nn[nH]n1. The molecule has 0 amide bonds. The molecule has 1 aromatic carbocycles. The molecule has 0 saturated carbocycles. The summed E-state index contributed by atoms with van der Waals surface area (Å²) in [7, 11) is -3.80. The smallest absolute Gasteiger partial charge is 0.207 e. The minimum absolute atomic E-state index is 0.106. The van der Waals surface area contributed by atoms with E-state index in [0.717, 1.165) is 6.07 Å². The fraction of sp³-hybridized carbons (Fsp3) is 0.222. The van der Waals surface area contributed by atoms with Crippen LogP contribution in [0.5, 0.6) is 0 Å². The van der Waals surface area contributed by atoms with E-state index in [2.05, 4.69) is 25.3 Å². The van der Waals surface area contributed by atoms with Gasteiger partial charge in [-0.15, -0.1) is 10.2 Å². The Kier molecular flexibility index (Phi) is 3.34. The topological polar surface area (TPSA) is 101 Å².